The highest BCUT2D eigenvalue weighted by Gasteiger charge is 2.54. The van der Waals surface area contributed by atoms with Crippen molar-refractivity contribution in [2.75, 3.05) is 0 Å². The van der Waals surface area contributed by atoms with Crippen LogP contribution in [0.15, 0.2) is 72.8 Å². The molecule has 1 saturated carbocycles. The second-order valence-electron chi connectivity index (χ2n) is 7.70. The van der Waals surface area contributed by atoms with Gasteiger partial charge < -0.3 is 14.2 Å². The SMILES string of the molecule is O=C(O)C1C2C=CC(CC2)C1P(=O)(OCc1ccccc1)OCc1ccccc1. The molecule has 2 bridgehead atoms. The number of carboxylic acids is 1. The van der Waals surface area contributed by atoms with Gasteiger partial charge in [-0.3, -0.25) is 9.36 Å². The van der Waals surface area contributed by atoms with E-state index in [0.29, 0.717) is 0 Å². The Morgan fingerprint density at radius 2 is 1.34 bits per heavy atom. The molecule has 1 N–H and O–H groups in total. The molecule has 3 aliphatic carbocycles. The second-order valence-corrected chi connectivity index (χ2v) is 9.89. The van der Waals surface area contributed by atoms with Gasteiger partial charge in [0, 0.05) is 0 Å². The van der Waals surface area contributed by atoms with Gasteiger partial charge in [0.2, 0.25) is 0 Å². The molecule has 0 radical (unpaired) electrons. The zero-order chi connectivity index (χ0) is 20.3. The predicted octanol–water partition coefficient (Wildman–Crippen LogP) is 5.28. The Balaban J connectivity index is 1.62. The third kappa shape index (κ3) is 4.37. The zero-order valence-electron chi connectivity index (χ0n) is 16.1. The molecular formula is C23H25O5P. The first-order valence-electron chi connectivity index (χ1n) is 9.94. The minimum absolute atomic E-state index is 0.113. The topological polar surface area (TPSA) is 72.8 Å². The average molecular weight is 412 g/mol. The first kappa shape index (κ1) is 20.1. The molecule has 0 aromatic heterocycles. The fourth-order valence-corrected chi connectivity index (χ4v) is 6.95. The number of fused-ring (bicyclic) bond motifs is 2. The van der Waals surface area contributed by atoms with Crippen molar-refractivity contribution in [3.63, 3.8) is 0 Å². The minimum Gasteiger partial charge on any atom is -0.481 e. The van der Waals surface area contributed by atoms with E-state index in [2.05, 4.69) is 0 Å². The van der Waals surface area contributed by atoms with Gasteiger partial charge in [0.15, 0.2) is 0 Å². The molecule has 4 unspecified atom stereocenters. The monoisotopic (exact) mass is 412 g/mol. The Kier molecular flexibility index (Phi) is 6.00. The van der Waals surface area contributed by atoms with Crippen molar-refractivity contribution in [3.05, 3.63) is 83.9 Å². The van der Waals surface area contributed by atoms with Crippen molar-refractivity contribution in [2.24, 2.45) is 17.8 Å². The van der Waals surface area contributed by atoms with Crippen molar-refractivity contribution in [2.45, 2.75) is 31.7 Å². The van der Waals surface area contributed by atoms with Gasteiger partial charge in [0.1, 0.15) is 0 Å². The van der Waals surface area contributed by atoms with Crippen molar-refractivity contribution in [1.29, 1.82) is 0 Å². The van der Waals surface area contributed by atoms with E-state index in [4.69, 9.17) is 9.05 Å². The first-order chi connectivity index (χ1) is 14.1. The fourth-order valence-electron chi connectivity index (χ4n) is 4.41. The van der Waals surface area contributed by atoms with E-state index in [1.54, 1.807) is 0 Å². The molecule has 2 aromatic carbocycles. The van der Waals surface area contributed by atoms with Gasteiger partial charge >= 0.3 is 13.6 Å². The summed E-state index contributed by atoms with van der Waals surface area (Å²) < 4.78 is 26.0. The molecule has 1 fully saturated rings. The van der Waals surface area contributed by atoms with Crippen LogP contribution in [0.1, 0.15) is 24.0 Å². The summed E-state index contributed by atoms with van der Waals surface area (Å²) in [5.41, 5.74) is 1.08. The molecule has 0 amide bonds. The minimum atomic E-state index is -3.71. The van der Waals surface area contributed by atoms with E-state index in [9.17, 15) is 14.5 Å². The summed E-state index contributed by atoms with van der Waals surface area (Å²) in [5, 5.41) is 9.90. The van der Waals surface area contributed by atoms with Crippen LogP contribution in [-0.4, -0.2) is 16.7 Å². The number of rotatable bonds is 8. The summed E-state index contributed by atoms with van der Waals surface area (Å²) in [7, 11) is -3.71. The van der Waals surface area contributed by atoms with Crippen molar-refractivity contribution in [1.82, 2.24) is 0 Å². The Morgan fingerprint density at radius 3 is 1.79 bits per heavy atom. The Hall–Kier alpha value is -2.20. The molecule has 152 valence electrons. The Labute approximate surface area is 170 Å². The lowest BCUT2D eigenvalue weighted by molar-refractivity contribution is -0.145. The van der Waals surface area contributed by atoms with Crippen molar-refractivity contribution in [3.8, 4) is 0 Å². The van der Waals surface area contributed by atoms with E-state index in [1.165, 1.54) is 0 Å². The van der Waals surface area contributed by atoms with Gasteiger partial charge in [-0.25, -0.2) is 0 Å². The normalized spacial score (nSPS) is 25.8. The van der Waals surface area contributed by atoms with Crippen molar-refractivity contribution >= 4 is 13.6 Å². The molecule has 5 rings (SSSR count). The van der Waals surface area contributed by atoms with Gasteiger partial charge in [-0.1, -0.05) is 72.8 Å². The summed E-state index contributed by atoms with van der Waals surface area (Å²) in [6.07, 6.45) is 5.57. The van der Waals surface area contributed by atoms with Crippen LogP contribution in [0.3, 0.4) is 0 Å². The summed E-state index contributed by atoms with van der Waals surface area (Å²) in [6.45, 7) is 0.244. The van der Waals surface area contributed by atoms with Crippen LogP contribution in [0.5, 0.6) is 0 Å². The smallest absolute Gasteiger partial charge is 0.335 e. The molecule has 6 heteroatoms. The molecule has 29 heavy (non-hydrogen) atoms. The zero-order valence-corrected chi connectivity index (χ0v) is 17.0. The highest BCUT2D eigenvalue weighted by Crippen LogP contribution is 2.64. The number of benzene rings is 2. The molecule has 2 aromatic rings. The number of hydrogen-bond donors (Lipinski definition) is 1. The summed E-state index contributed by atoms with van der Waals surface area (Å²) in [4.78, 5) is 12.1. The molecule has 0 saturated heterocycles. The highest BCUT2D eigenvalue weighted by molar-refractivity contribution is 7.54. The molecule has 0 heterocycles. The fraction of sp³-hybridized carbons (Fsp3) is 0.348. The number of allylic oxidation sites excluding steroid dienone is 2. The highest BCUT2D eigenvalue weighted by atomic mass is 31.2. The number of hydrogen-bond acceptors (Lipinski definition) is 4. The summed E-state index contributed by atoms with van der Waals surface area (Å²) in [6, 6.07) is 18.9. The van der Waals surface area contributed by atoms with E-state index in [-0.39, 0.29) is 25.0 Å². The molecule has 0 spiro atoms. The summed E-state index contributed by atoms with van der Waals surface area (Å²) >= 11 is 0. The Bertz CT molecular complexity index is 864. The molecule has 0 aliphatic heterocycles. The van der Waals surface area contributed by atoms with Gasteiger partial charge in [-0.05, 0) is 35.8 Å². The Morgan fingerprint density at radius 1 is 0.862 bits per heavy atom. The second kappa shape index (κ2) is 8.66. The van der Waals surface area contributed by atoms with E-state index in [0.717, 1.165) is 24.0 Å². The van der Waals surface area contributed by atoms with E-state index < -0.39 is 25.1 Å². The maximum absolute atomic E-state index is 14.1. The van der Waals surface area contributed by atoms with Crippen LogP contribution in [0.2, 0.25) is 0 Å². The molecule has 3 aliphatic rings. The van der Waals surface area contributed by atoms with Crippen LogP contribution in [-0.2, 0) is 31.6 Å². The number of aliphatic carboxylic acids is 1. The average Bonchev–Trinajstić information content (AvgIpc) is 2.78. The van der Waals surface area contributed by atoms with Gasteiger partial charge in [0.25, 0.3) is 0 Å². The van der Waals surface area contributed by atoms with E-state index in [1.807, 2.05) is 72.8 Å². The van der Waals surface area contributed by atoms with E-state index >= 15 is 0 Å². The third-order valence-corrected chi connectivity index (χ3v) is 8.28. The van der Waals surface area contributed by atoms with Crippen LogP contribution in [0.25, 0.3) is 0 Å². The lowest BCUT2D eigenvalue weighted by Gasteiger charge is -2.44. The summed E-state index contributed by atoms with van der Waals surface area (Å²) in [5.74, 6) is -1.92. The third-order valence-electron chi connectivity index (χ3n) is 5.86. The number of carbonyl (C=O) groups is 1. The molecule has 4 atom stereocenters. The van der Waals surface area contributed by atoms with Crippen LogP contribution in [0, 0.1) is 17.8 Å². The van der Waals surface area contributed by atoms with Crippen molar-refractivity contribution < 1.29 is 23.5 Å². The standard InChI is InChI=1S/C23H25O5P/c24-23(25)21-19-11-13-20(14-12-19)22(21)29(26,27-15-17-7-3-1-4-8-17)28-16-18-9-5-2-6-10-18/h1-11,13,19-22H,12,14-16H2,(H,24,25). The maximum Gasteiger partial charge on any atom is 0.335 e. The predicted molar refractivity (Wildman–Crippen MR) is 110 cm³/mol. The van der Waals surface area contributed by atoms with Crippen LogP contribution >= 0.6 is 7.60 Å². The van der Waals surface area contributed by atoms with Crippen LogP contribution < -0.4 is 0 Å². The maximum atomic E-state index is 14.1. The molecule has 5 nitrogen and oxygen atoms in total. The lowest BCUT2D eigenvalue weighted by atomic mass is 9.69. The first-order valence-corrected chi connectivity index (χ1v) is 11.6. The van der Waals surface area contributed by atoms with Gasteiger partial charge in [-0.15, -0.1) is 0 Å². The lowest BCUT2D eigenvalue weighted by Crippen LogP contribution is -2.45. The largest absolute Gasteiger partial charge is 0.481 e. The van der Waals surface area contributed by atoms with Gasteiger partial charge in [-0.2, -0.15) is 0 Å². The number of carboxylic acid groups (broad SMARTS) is 1. The quantitative estimate of drug-likeness (QED) is 0.472. The van der Waals surface area contributed by atoms with Crippen LogP contribution in [0.4, 0.5) is 0 Å². The van der Waals surface area contributed by atoms with Gasteiger partial charge in [0.05, 0.1) is 24.8 Å². The molecular weight excluding hydrogens is 387 g/mol.